The Bertz CT molecular complexity index is 509. The number of hydrogen-bond acceptors (Lipinski definition) is 5. The average Bonchev–Trinajstić information content (AvgIpc) is 2.40. The zero-order valence-electron chi connectivity index (χ0n) is 13.3. The zero-order chi connectivity index (χ0) is 16.1. The van der Waals surface area contributed by atoms with Crippen LogP contribution >= 0.6 is 0 Å². The van der Waals surface area contributed by atoms with Gasteiger partial charge in [-0.3, -0.25) is 0 Å². The van der Waals surface area contributed by atoms with E-state index in [0.29, 0.717) is 11.8 Å². The van der Waals surface area contributed by atoms with Crippen molar-refractivity contribution in [1.82, 2.24) is 0 Å². The molecule has 0 saturated heterocycles. The fourth-order valence-corrected chi connectivity index (χ4v) is 4.97. The highest BCUT2D eigenvalue weighted by molar-refractivity contribution is 5.88. The van der Waals surface area contributed by atoms with Crippen molar-refractivity contribution in [3.8, 4) is 0 Å². The van der Waals surface area contributed by atoms with Gasteiger partial charge in [-0.2, -0.15) is 0 Å². The molecule has 22 heavy (non-hydrogen) atoms. The van der Waals surface area contributed by atoms with E-state index in [4.69, 9.17) is 9.47 Å². The van der Waals surface area contributed by atoms with E-state index in [2.05, 4.69) is 6.58 Å². The van der Waals surface area contributed by atoms with Crippen molar-refractivity contribution in [3.05, 3.63) is 12.2 Å². The number of carbonyl (C=O) groups excluding carboxylic acids is 2. The predicted octanol–water partition coefficient (Wildman–Crippen LogP) is 1.98. The molecule has 4 saturated carbocycles. The highest BCUT2D eigenvalue weighted by atomic mass is 16.6. The van der Waals surface area contributed by atoms with Gasteiger partial charge >= 0.3 is 11.9 Å². The van der Waals surface area contributed by atoms with Gasteiger partial charge in [0.15, 0.2) is 6.61 Å². The lowest BCUT2D eigenvalue weighted by molar-refractivity contribution is -0.252. The zero-order valence-corrected chi connectivity index (χ0v) is 13.3. The van der Waals surface area contributed by atoms with Crippen LogP contribution in [0.15, 0.2) is 12.2 Å². The van der Waals surface area contributed by atoms with Crippen molar-refractivity contribution in [1.29, 1.82) is 0 Å². The van der Waals surface area contributed by atoms with Crippen LogP contribution in [-0.2, 0) is 19.1 Å². The first kappa shape index (κ1) is 15.5. The van der Waals surface area contributed by atoms with Gasteiger partial charge in [0.2, 0.25) is 0 Å². The minimum absolute atomic E-state index is 0.0754. The molecule has 0 heterocycles. The molecule has 0 aromatic heterocycles. The molecule has 0 aliphatic heterocycles. The van der Waals surface area contributed by atoms with Gasteiger partial charge in [0.1, 0.15) is 5.60 Å². The van der Waals surface area contributed by atoms with Crippen molar-refractivity contribution in [2.24, 2.45) is 17.8 Å². The van der Waals surface area contributed by atoms with E-state index in [-0.39, 0.29) is 11.5 Å². The summed E-state index contributed by atoms with van der Waals surface area (Å²) in [5, 5.41) is 10.9. The van der Waals surface area contributed by atoms with Gasteiger partial charge in [0.25, 0.3) is 0 Å². The molecule has 4 rings (SSSR count). The maximum atomic E-state index is 12.1. The highest BCUT2D eigenvalue weighted by Gasteiger charge is 2.63. The smallest absolute Gasteiger partial charge is 0.344 e. The third kappa shape index (κ3) is 2.45. The maximum Gasteiger partial charge on any atom is 0.344 e. The van der Waals surface area contributed by atoms with E-state index in [1.54, 1.807) is 0 Å². The maximum absolute atomic E-state index is 12.1. The van der Waals surface area contributed by atoms with E-state index in [9.17, 15) is 14.7 Å². The van der Waals surface area contributed by atoms with Crippen molar-refractivity contribution in [2.45, 2.75) is 57.2 Å². The Kier molecular flexibility index (Phi) is 3.59. The molecule has 3 atom stereocenters. The molecule has 0 aromatic carbocycles. The Hall–Kier alpha value is -1.36. The fraction of sp³-hybridized carbons (Fsp3) is 0.765. The lowest BCUT2D eigenvalue weighted by Crippen LogP contribution is -2.66. The van der Waals surface area contributed by atoms with Crippen LogP contribution in [0.4, 0.5) is 0 Å². The van der Waals surface area contributed by atoms with Crippen LogP contribution < -0.4 is 0 Å². The number of ether oxygens (including phenoxy) is 2. The first-order valence-electron chi connectivity index (χ1n) is 8.01. The summed E-state index contributed by atoms with van der Waals surface area (Å²) in [5.74, 6) is -0.339. The van der Waals surface area contributed by atoms with E-state index < -0.39 is 29.7 Å². The molecule has 5 nitrogen and oxygen atoms in total. The second-order valence-electron chi connectivity index (χ2n) is 7.50. The van der Waals surface area contributed by atoms with Crippen LogP contribution in [0.25, 0.3) is 0 Å². The molecule has 0 amide bonds. The molecule has 0 aromatic rings. The molecule has 0 radical (unpaired) electrons. The van der Waals surface area contributed by atoms with Gasteiger partial charge in [-0.25, -0.2) is 9.59 Å². The summed E-state index contributed by atoms with van der Waals surface area (Å²) in [4.78, 5) is 23.5. The molecule has 4 aliphatic rings. The van der Waals surface area contributed by atoms with Crippen LogP contribution in [0.3, 0.4) is 0 Å². The van der Waals surface area contributed by atoms with Crippen molar-refractivity contribution in [3.63, 3.8) is 0 Å². The van der Waals surface area contributed by atoms with Gasteiger partial charge in [-0.05, 0) is 50.9 Å². The molecule has 4 aliphatic carbocycles. The monoisotopic (exact) mass is 308 g/mol. The minimum Gasteiger partial charge on any atom is -0.456 e. The van der Waals surface area contributed by atoms with Gasteiger partial charge in [-0.15, -0.1) is 0 Å². The highest BCUT2D eigenvalue weighted by Crippen LogP contribution is 2.61. The van der Waals surface area contributed by atoms with Crippen molar-refractivity contribution >= 4 is 11.9 Å². The fourth-order valence-electron chi connectivity index (χ4n) is 4.97. The first-order valence-corrected chi connectivity index (χ1v) is 8.01. The molecule has 3 unspecified atom stereocenters. The van der Waals surface area contributed by atoms with Gasteiger partial charge in [0, 0.05) is 11.5 Å². The SMILES string of the molecule is C=C(C)C(=O)OCC(=O)OC12CC3CC(CC(O)(C3)C1C)C2. The van der Waals surface area contributed by atoms with E-state index in [1.165, 1.54) is 6.92 Å². The largest absolute Gasteiger partial charge is 0.456 e. The summed E-state index contributed by atoms with van der Waals surface area (Å²) in [6.07, 6.45) is 4.38. The molecule has 0 spiro atoms. The summed E-state index contributed by atoms with van der Waals surface area (Å²) < 4.78 is 10.6. The van der Waals surface area contributed by atoms with Gasteiger partial charge in [-0.1, -0.05) is 13.5 Å². The van der Waals surface area contributed by atoms with E-state index in [1.807, 2.05) is 6.92 Å². The second kappa shape index (κ2) is 5.08. The summed E-state index contributed by atoms with van der Waals surface area (Å²) in [5.41, 5.74) is -1.05. The number of esters is 2. The summed E-state index contributed by atoms with van der Waals surface area (Å²) in [6, 6.07) is 0. The van der Waals surface area contributed by atoms with Crippen molar-refractivity contribution in [2.75, 3.05) is 6.61 Å². The Labute approximate surface area is 130 Å². The van der Waals surface area contributed by atoms with Crippen LogP contribution in [0, 0.1) is 17.8 Å². The van der Waals surface area contributed by atoms with Gasteiger partial charge in [0.05, 0.1) is 5.60 Å². The average molecular weight is 308 g/mol. The molecular weight excluding hydrogens is 284 g/mol. The van der Waals surface area contributed by atoms with Crippen LogP contribution in [0.2, 0.25) is 0 Å². The third-order valence-corrected chi connectivity index (χ3v) is 5.80. The molecule has 4 fully saturated rings. The number of aliphatic hydroxyl groups is 1. The molecular formula is C17H24O5. The second-order valence-corrected chi connectivity index (χ2v) is 7.50. The van der Waals surface area contributed by atoms with Crippen LogP contribution in [-0.4, -0.2) is 34.9 Å². The Balaban J connectivity index is 1.67. The lowest BCUT2D eigenvalue weighted by Gasteiger charge is -2.62. The topological polar surface area (TPSA) is 72.8 Å². The predicted molar refractivity (Wildman–Crippen MR) is 78.8 cm³/mol. The molecule has 4 bridgehead atoms. The number of rotatable bonds is 4. The van der Waals surface area contributed by atoms with E-state index in [0.717, 1.165) is 32.1 Å². The van der Waals surface area contributed by atoms with Gasteiger partial charge < -0.3 is 14.6 Å². The Morgan fingerprint density at radius 2 is 1.82 bits per heavy atom. The minimum atomic E-state index is -0.710. The lowest BCUT2D eigenvalue weighted by atomic mass is 9.48. The summed E-state index contributed by atoms with van der Waals surface area (Å²) >= 11 is 0. The molecule has 5 heteroatoms. The summed E-state index contributed by atoms with van der Waals surface area (Å²) in [7, 11) is 0. The van der Waals surface area contributed by atoms with E-state index >= 15 is 0 Å². The number of carbonyl (C=O) groups is 2. The Morgan fingerprint density at radius 1 is 1.23 bits per heavy atom. The third-order valence-electron chi connectivity index (χ3n) is 5.80. The number of hydrogen-bond donors (Lipinski definition) is 1. The van der Waals surface area contributed by atoms with Crippen LogP contribution in [0.5, 0.6) is 0 Å². The normalized spacial score (nSPS) is 42.0. The standard InChI is InChI=1S/C17H24O5/c1-10(2)15(19)21-9-14(18)22-17-7-12-4-13(8-17)6-16(20,5-12)11(17)3/h11-13,20H,1,4-9H2,2-3H3. The quantitative estimate of drug-likeness (QED) is 0.635. The summed E-state index contributed by atoms with van der Waals surface area (Å²) in [6.45, 7) is 6.59. The molecule has 1 N–H and O–H groups in total. The van der Waals surface area contributed by atoms with Crippen LogP contribution in [0.1, 0.15) is 46.0 Å². The first-order chi connectivity index (χ1) is 10.2. The van der Waals surface area contributed by atoms with Crippen molar-refractivity contribution < 1.29 is 24.2 Å². The molecule has 122 valence electrons. The Morgan fingerprint density at radius 3 is 2.36 bits per heavy atom.